The van der Waals surface area contributed by atoms with Gasteiger partial charge in [0, 0.05) is 29.4 Å². The third-order valence-corrected chi connectivity index (χ3v) is 6.07. The minimum absolute atomic E-state index is 0.240. The van der Waals surface area contributed by atoms with Crippen LogP contribution in [-0.2, 0) is 6.18 Å². The number of nitrogen functional groups attached to an aromatic ring is 1. The van der Waals surface area contributed by atoms with Crippen molar-refractivity contribution in [3.05, 3.63) is 35.1 Å². The first-order valence-electron chi connectivity index (χ1n) is 10.4. The summed E-state index contributed by atoms with van der Waals surface area (Å²) in [7, 11) is 0. The van der Waals surface area contributed by atoms with Crippen LogP contribution in [0.3, 0.4) is 0 Å². The van der Waals surface area contributed by atoms with Gasteiger partial charge in [0.2, 0.25) is 5.95 Å². The Morgan fingerprint density at radius 3 is 2.58 bits per heavy atom. The fraction of sp³-hybridized carbons (Fsp3) is 0.381. The van der Waals surface area contributed by atoms with E-state index in [4.69, 9.17) is 5.73 Å². The van der Waals surface area contributed by atoms with E-state index in [-0.39, 0.29) is 17.2 Å². The lowest BCUT2D eigenvalue weighted by atomic mass is 10.1. The maximum Gasteiger partial charge on any atom is 0.419 e. The molecular formula is C21H23F3N8S. The zero-order chi connectivity index (χ0) is 23.6. The number of aromatic nitrogens is 6. The molecular weight excluding hydrogens is 453 g/mol. The zero-order valence-electron chi connectivity index (χ0n) is 18.1. The predicted octanol–water partition coefficient (Wildman–Crippen LogP) is 4.60. The molecule has 0 bridgehead atoms. The van der Waals surface area contributed by atoms with E-state index in [1.807, 2.05) is 6.92 Å². The molecule has 1 unspecified atom stereocenters. The first-order chi connectivity index (χ1) is 15.7. The Balaban J connectivity index is 0.000000318. The van der Waals surface area contributed by atoms with Crippen molar-refractivity contribution in [3.63, 3.8) is 0 Å². The molecule has 33 heavy (non-hydrogen) atoms. The average molecular weight is 477 g/mol. The quantitative estimate of drug-likeness (QED) is 0.387. The van der Waals surface area contributed by atoms with Crippen LogP contribution in [0.15, 0.2) is 24.5 Å². The highest BCUT2D eigenvalue weighted by molar-refractivity contribution is 7.14. The first kappa shape index (κ1) is 23.1. The second-order valence-corrected chi connectivity index (χ2v) is 8.94. The monoisotopic (exact) mass is 476 g/mol. The van der Waals surface area contributed by atoms with Crippen LogP contribution in [0.2, 0.25) is 0 Å². The van der Waals surface area contributed by atoms with Gasteiger partial charge >= 0.3 is 6.18 Å². The van der Waals surface area contributed by atoms with Crippen LogP contribution in [0.5, 0.6) is 0 Å². The molecule has 5 rings (SSSR count). The van der Waals surface area contributed by atoms with E-state index in [9.17, 15) is 13.2 Å². The number of piperidine rings is 1. The lowest BCUT2D eigenvalue weighted by Crippen LogP contribution is -2.30. The zero-order valence-corrected chi connectivity index (χ0v) is 18.9. The largest absolute Gasteiger partial charge is 0.419 e. The van der Waals surface area contributed by atoms with Gasteiger partial charge in [-0.2, -0.15) is 13.2 Å². The van der Waals surface area contributed by atoms with Gasteiger partial charge in [0.25, 0.3) is 0 Å². The highest BCUT2D eigenvalue weighted by Crippen LogP contribution is 2.38. The minimum atomic E-state index is -4.61. The summed E-state index contributed by atoms with van der Waals surface area (Å²) in [6, 6.07) is 4.13. The number of nitrogens with two attached hydrogens (primary N) is 1. The summed E-state index contributed by atoms with van der Waals surface area (Å²) < 4.78 is 39.9. The lowest BCUT2D eigenvalue weighted by molar-refractivity contribution is -0.137. The Morgan fingerprint density at radius 1 is 1.15 bits per heavy atom. The molecule has 4 aromatic heterocycles. The minimum Gasteiger partial charge on any atom is -0.368 e. The Bertz CT molecular complexity index is 1240. The number of nitrogens with one attached hydrogen (secondary N) is 2. The molecule has 0 aliphatic carbocycles. The number of aryl methyl sites for hydroxylation is 1. The second-order valence-electron chi connectivity index (χ2n) is 7.76. The molecule has 0 aromatic carbocycles. The van der Waals surface area contributed by atoms with Gasteiger partial charge in [-0.3, -0.25) is 0 Å². The smallest absolute Gasteiger partial charge is 0.368 e. The highest BCUT2D eigenvalue weighted by atomic mass is 32.1. The van der Waals surface area contributed by atoms with Gasteiger partial charge in [-0.1, -0.05) is 17.8 Å². The number of alkyl halides is 3. The maximum absolute atomic E-state index is 13.3. The van der Waals surface area contributed by atoms with E-state index in [2.05, 4.69) is 42.4 Å². The molecule has 174 valence electrons. The van der Waals surface area contributed by atoms with Gasteiger partial charge in [0.15, 0.2) is 5.01 Å². The SMILES string of the molecule is CC1CCCCN1.Cc1nnc(-c2ccc3c(-c4nc(N)ncc4C(F)(F)F)c[nH]c3n2)s1. The van der Waals surface area contributed by atoms with Crippen molar-refractivity contribution >= 4 is 28.3 Å². The van der Waals surface area contributed by atoms with E-state index in [1.54, 1.807) is 12.1 Å². The summed E-state index contributed by atoms with van der Waals surface area (Å²) in [6.45, 7) is 5.31. The third kappa shape index (κ3) is 5.28. The standard InChI is InChI=1S/C15H10F3N7S.C6H13N/c1-6-24-25-13(26-6)10-3-2-7-8(4-20-12(7)22-10)11-9(15(16,17)18)5-21-14(19)23-11;1-6-4-2-3-5-7-6/h2-5H,1H3,(H,20,22)(H2,19,21,23);6-7H,2-5H2,1H3. The van der Waals surface area contributed by atoms with Gasteiger partial charge in [-0.05, 0) is 45.4 Å². The highest BCUT2D eigenvalue weighted by Gasteiger charge is 2.36. The lowest BCUT2D eigenvalue weighted by Gasteiger charge is -2.18. The van der Waals surface area contributed by atoms with Gasteiger partial charge in [-0.25, -0.2) is 15.0 Å². The van der Waals surface area contributed by atoms with Crippen LogP contribution in [0.4, 0.5) is 19.1 Å². The maximum atomic E-state index is 13.3. The Morgan fingerprint density at radius 2 is 1.97 bits per heavy atom. The summed E-state index contributed by atoms with van der Waals surface area (Å²) in [4.78, 5) is 14.5. The summed E-state index contributed by atoms with van der Waals surface area (Å²) in [5.41, 5.74) is 5.47. The number of hydrogen-bond donors (Lipinski definition) is 3. The number of nitrogens with zero attached hydrogens (tertiary/aromatic N) is 5. The van der Waals surface area contributed by atoms with E-state index in [1.165, 1.54) is 43.3 Å². The van der Waals surface area contributed by atoms with E-state index in [0.717, 1.165) is 11.0 Å². The van der Waals surface area contributed by atoms with Crippen LogP contribution in [0.1, 0.15) is 36.8 Å². The van der Waals surface area contributed by atoms with Crippen LogP contribution < -0.4 is 11.1 Å². The van der Waals surface area contributed by atoms with Crippen molar-refractivity contribution in [1.82, 2.24) is 35.5 Å². The van der Waals surface area contributed by atoms with Crippen LogP contribution in [-0.4, -0.2) is 42.7 Å². The van der Waals surface area contributed by atoms with Crippen molar-refractivity contribution in [1.29, 1.82) is 0 Å². The van der Waals surface area contributed by atoms with Gasteiger partial charge in [0.05, 0.1) is 5.69 Å². The number of aromatic amines is 1. The molecule has 0 radical (unpaired) electrons. The summed E-state index contributed by atoms with van der Waals surface area (Å²) >= 11 is 1.38. The van der Waals surface area contributed by atoms with Crippen molar-refractivity contribution < 1.29 is 13.2 Å². The number of H-pyrrole nitrogens is 1. The summed E-state index contributed by atoms with van der Waals surface area (Å²) in [6.07, 6.45) is 1.68. The topological polar surface area (TPSA) is 118 Å². The van der Waals surface area contributed by atoms with Crippen molar-refractivity contribution in [2.45, 2.75) is 45.3 Å². The molecule has 4 aromatic rings. The Kier molecular flexibility index (Phi) is 6.56. The molecule has 8 nitrogen and oxygen atoms in total. The Hall–Kier alpha value is -3.12. The molecule has 5 heterocycles. The summed E-state index contributed by atoms with van der Waals surface area (Å²) in [5.74, 6) is -0.240. The fourth-order valence-corrected chi connectivity index (χ4v) is 4.22. The predicted molar refractivity (Wildman–Crippen MR) is 121 cm³/mol. The number of hydrogen-bond acceptors (Lipinski definition) is 8. The Labute approximate surface area is 191 Å². The fourth-order valence-electron chi connectivity index (χ4n) is 3.55. The van der Waals surface area contributed by atoms with Crippen LogP contribution in [0, 0.1) is 6.92 Å². The number of fused-ring (bicyclic) bond motifs is 1. The number of rotatable bonds is 2. The molecule has 1 aliphatic heterocycles. The number of halogens is 3. The molecule has 0 amide bonds. The van der Waals surface area contributed by atoms with Gasteiger partial charge in [-0.15, -0.1) is 10.2 Å². The van der Waals surface area contributed by atoms with Crippen LogP contribution >= 0.6 is 11.3 Å². The molecule has 0 spiro atoms. The normalized spacial score (nSPS) is 16.5. The third-order valence-electron chi connectivity index (χ3n) is 5.21. The first-order valence-corrected chi connectivity index (χ1v) is 11.3. The van der Waals surface area contributed by atoms with Gasteiger partial charge in [0.1, 0.15) is 21.9 Å². The molecule has 1 aliphatic rings. The van der Waals surface area contributed by atoms with Crippen LogP contribution in [0.25, 0.3) is 33.0 Å². The number of pyridine rings is 1. The van der Waals surface area contributed by atoms with E-state index in [0.29, 0.717) is 27.9 Å². The van der Waals surface area contributed by atoms with E-state index < -0.39 is 11.7 Å². The number of anilines is 1. The molecule has 4 N–H and O–H groups in total. The molecule has 0 saturated carbocycles. The molecule has 12 heteroatoms. The average Bonchev–Trinajstić information content (AvgIpc) is 3.39. The van der Waals surface area contributed by atoms with Crippen molar-refractivity contribution in [2.24, 2.45) is 0 Å². The summed E-state index contributed by atoms with van der Waals surface area (Å²) in [5, 5.41) is 13.2. The molecule has 1 atom stereocenters. The second kappa shape index (κ2) is 9.40. The van der Waals surface area contributed by atoms with Gasteiger partial charge < -0.3 is 16.0 Å². The van der Waals surface area contributed by atoms with Crippen molar-refractivity contribution in [3.8, 4) is 22.0 Å². The molecule has 1 fully saturated rings. The van der Waals surface area contributed by atoms with E-state index >= 15 is 0 Å². The molecule has 1 saturated heterocycles. The van der Waals surface area contributed by atoms with Crippen molar-refractivity contribution in [2.75, 3.05) is 12.3 Å².